The molecule has 0 heterocycles. The van der Waals surface area contributed by atoms with Crippen LogP contribution in [0.5, 0.6) is 0 Å². The van der Waals surface area contributed by atoms with Crippen LogP contribution in [0.2, 0.25) is 5.02 Å². The fraction of sp³-hybridized carbons (Fsp3) is 0.333. The maximum Gasteiger partial charge on any atom is 0.0719 e. The molecule has 0 aliphatic carbocycles. The number of hydrogen-bond donors (Lipinski definition) is 1. The lowest BCUT2D eigenvalue weighted by Gasteiger charge is -2.03. The van der Waals surface area contributed by atoms with Crippen LogP contribution in [0.15, 0.2) is 23.1 Å². The molecule has 0 atom stereocenters. The highest BCUT2D eigenvalue weighted by Gasteiger charge is 1.98. The quantitative estimate of drug-likeness (QED) is 0.622. The minimum atomic E-state index is 0.522. The summed E-state index contributed by atoms with van der Waals surface area (Å²) >= 11 is 7.60. The first kappa shape index (κ1) is 10.9. The molecule has 1 rings (SSSR count). The summed E-state index contributed by atoms with van der Waals surface area (Å²) in [7, 11) is 0. The van der Waals surface area contributed by atoms with Crippen molar-refractivity contribution in [2.45, 2.75) is 11.3 Å². The first-order chi connectivity index (χ1) is 6.26. The van der Waals surface area contributed by atoms with E-state index < -0.39 is 0 Å². The van der Waals surface area contributed by atoms with Crippen LogP contribution in [0.4, 0.5) is 0 Å². The molecule has 2 nitrogen and oxygen atoms in total. The third-order valence-corrected chi connectivity index (χ3v) is 2.60. The molecule has 0 bridgehead atoms. The number of benzene rings is 1. The van der Waals surface area contributed by atoms with Crippen LogP contribution in [0, 0.1) is 0 Å². The summed E-state index contributed by atoms with van der Waals surface area (Å²) in [5.74, 6) is 4.95. The molecule has 2 N–H and O–H groups in total. The number of halogens is 1. The Kier molecular flexibility index (Phi) is 4.59. The van der Waals surface area contributed by atoms with E-state index in [1.54, 1.807) is 11.8 Å². The van der Waals surface area contributed by atoms with Gasteiger partial charge in [-0.25, -0.2) is 5.90 Å². The van der Waals surface area contributed by atoms with Crippen molar-refractivity contribution in [1.29, 1.82) is 0 Å². The zero-order chi connectivity index (χ0) is 9.68. The summed E-state index contributed by atoms with van der Waals surface area (Å²) in [6.45, 7) is 0.522. The van der Waals surface area contributed by atoms with Gasteiger partial charge in [0.15, 0.2) is 0 Å². The van der Waals surface area contributed by atoms with Crippen LogP contribution in [0.1, 0.15) is 5.56 Å². The minimum Gasteiger partial charge on any atom is -0.304 e. The van der Waals surface area contributed by atoms with Gasteiger partial charge < -0.3 is 4.84 Å². The van der Waals surface area contributed by atoms with E-state index in [1.165, 1.54) is 4.90 Å². The summed E-state index contributed by atoms with van der Waals surface area (Å²) in [5.41, 5.74) is 1.15. The van der Waals surface area contributed by atoms with Crippen molar-refractivity contribution in [3.8, 4) is 0 Å². The third kappa shape index (κ3) is 3.56. The highest BCUT2D eigenvalue weighted by Crippen LogP contribution is 2.22. The van der Waals surface area contributed by atoms with E-state index in [0.29, 0.717) is 6.61 Å². The molecule has 0 amide bonds. The van der Waals surface area contributed by atoms with Crippen molar-refractivity contribution in [3.05, 3.63) is 28.8 Å². The second kappa shape index (κ2) is 5.50. The average Bonchev–Trinajstić information content (AvgIpc) is 2.14. The lowest BCUT2D eigenvalue weighted by Crippen LogP contribution is -2.03. The van der Waals surface area contributed by atoms with Gasteiger partial charge in [-0.15, -0.1) is 11.8 Å². The van der Waals surface area contributed by atoms with Gasteiger partial charge in [0.2, 0.25) is 0 Å². The Labute approximate surface area is 87.4 Å². The zero-order valence-corrected chi connectivity index (χ0v) is 8.99. The Morgan fingerprint density at radius 1 is 1.46 bits per heavy atom. The lowest BCUT2D eigenvalue weighted by atomic mass is 10.2. The van der Waals surface area contributed by atoms with Gasteiger partial charge in [-0.3, -0.25) is 0 Å². The average molecular weight is 218 g/mol. The maximum absolute atomic E-state index is 5.92. The second-order valence-electron chi connectivity index (χ2n) is 2.62. The molecule has 0 unspecified atom stereocenters. The van der Waals surface area contributed by atoms with Gasteiger partial charge in [0.05, 0.1) is 6.61 Å². The predicted molar refractivity (Wildman–Crippen MR) is 57.1 cm³/mol. The summed E-state index contributed by atoms with van der Waals surface area (Å²) in [4.78, 5) is 5.68. The molecule has 0 saturated carbocycles. The molecule has 13 heavy (non-hydrogen) atoms. The molecule has 4 heteroatoms. The molecule has 1 aromatic rings. The molecule has 0 fully saturated rings. The van der Waals surface area contributed by atoms with Crippen molar-refractivity contribution < 1.29 is 4.84 Å². The Morgan fingerprint density at radius 2 is 2.23 bits per heavy atom. The monoisotopic (exact) mass is 217 g/mol. The molecular weight excluding hydrogens is 206 g/mol. The summed E-state index contributed by atoms with van der Waals surface area (Å²) < 4.78 is 0. The van der Waals surface area contributed by atoms with E-state index in [0.717, 1.165) is 17.0 Å². The number of hydrogen-bond acceptors (Lipinski definition) is 3. The summed E-state index contributed by atoms with van der Waals surface area (Å²) in [6, 6.07) is 5.97. The van der Waals surface area contributed by atoms with E-state index in [9.17, 15) is 0 Å². The van der Waals surface area contributed by atoms with Gasteiger partial charge in [-0.05, 0) is 36.4 Å². The predicted octanol–water partition coefficient (Wildman–Crippen LogP) is 2.49. The van der Waals surface area contributed by atoms with Crippen LogP contribution in [0.25, 0.3) is 0 Å². The van der Waals surface area contributed by atoms with Gasteiger partial charge in [-0.1, -0.05) is 11.6 Å². The fourth-order valence-electron chi connectivity index (χ4n) is 1.06. The Morgan fingerprint density at radius 3 is 2.85 bits per heavy atom. The van der Waals surface area contributed by atoms with Crippen molar-refractivity contribution in [1.82, 2.24) is 0 Å². The minimum absolute atomic E-state index is 0.522. The Balaban J connectivity index is 2.76. The molecule has 0 radical (unpaired) electrons. The van der Waals surface area contributed by atoms with E-state index in [2.05, 4.69) is 10.9 Å². The lowest BCUT2D eigenvalue weighted by molar-refractivity contribution is 0.141. The molecule has 0 aliphatic heterocycles. The second-order valence-corrected chi connectivity index (χ2v) is 3.94. The van der Waals surface area contributed by atoms with Crippen LogP contribution in [-0.4, -0.2) is 12.9 Å². The highest BCUT2D eigenvalue weighted by molar-refractivity contribution is 7.98. The van der Waals surface area contributed by atoms with Crippen LogP contribution >= 0.6 is 23.4 Å². The van der Waals surface area contributed by atoms with E-state index in [-0.39, 0.29) is 0 Å². The first-order valence-electron chi connectivity index (χ1n) is 3.91. The topological polar surface area (TPSA) is 35.2 Å². The van der Waals surface area contributed by atoms with Crippen molar-refractivity contribution in [2.24, 2.45) is 5.90 Å². The van der Waals surface area contributed by atoms with E-state index in [4.69, 9.17) is 17.5 Å². The molecule has 1 aromatic carbocycles. The molecule has 0 aliphatic rings. The maximum atomic E-state index is 5.92. The number of thioether (sulfide) groups is 1. The largest absolute Gasteiger partial charge is 0.304 e. The van der Waals surface area contributed by atoms with Gasteiger partial charge in [0.25, 0.3) is 0 Å². The number of rotatable bonds is 4. The van der Waals surface area contributed by atoms with Gasteiger partial charge in [-0.2, -0.15) is 0 Å². The third-order valence-electron chi connectivity index (χ3n) is 1.68. The smallest absolute Gasteiger partial charge is 0.0719 e. The van der Waals surface area contributed by atoms with E-state index >= 15 is 0 Å². The van der Waals surface area contributed by atoms with Gasteiger partial charge in [0.1, 0.15) is 0 Å². The SMILES string of the molecule is CSc1cc(Cl)cc(CCON)c1. The van der Waals surface area contributed by atoms with Crippen LogP contribution < -0.4 is 5.90 Å². The van der Waals surface area contributed by atoms with Crippen LogP contribution in [0.3, 0.4) is 0 Å². The van der Waals surface area contributed by atoms with Crippen molar-refractivity contribution >= 4 is 23.4 Å². The number of nitrogens with two attached hydrogens (primary N) is 1. The molecule has 0 spiro atoms. The van der Waals surface area contributed by atoms with Crippen molar-refractivity contribution in [2.75, 3.05) is 12.9 Å². The molecule has 72 valence electrons. The van der Waals surface area contributed by atoms with E-state index in [1.807, 2.05) is 18.4 Å². The summed E-state index contributed by atoms with van der Waals surface area (Å²) in [6.07, 6.45) is 2.82. The first-order valence-corrected chi connectivity index (χ1v) is 5.51. The fourth-order valence-corrected chi connectivity index (χ4v) is 1.90. The molecular formula is C9H12ClNOS. The normalized spacial score (nSPS) is 10.4. The van der Waals surface area contributed by atoms with Crippen molar-refractivity contribution in [3.63, 3.8) is 0 Å². The van der Waals surface area contributed by atoms with Crippen LogP contribution in [-0.2, 0) is 11.3 Å². The summed E-state index contributed by atoms with van der Waals surface area (Å²) in [5, 5.41) is 0.763. The Bertz CT molecular complexity index is 280. The molecule has 0 saturated heterocycles. The molecule has 0 aromatic heterocycles. The standard InChI is InChI=1S/C9H12ClNOS/c1-13-9-5-7(2-3-12-11)4-8(10)6-9/h4-6H,2-3,11H2,1H3. The Hall–Kier alpha value is -0.220. The van der Waals surface area contributed by atoms with Gasteiger partial charge >= 0.3 is 0 Å². The zero-order valence-electron chi connectivity index (χ0n) is 7.42. The van der Waals surface area contributed by atoms with Gasteiger partial charge in [0, 0.05) is 9.92 Å². The highest BCUT2D eigenvalue weighted by atomic mass is 35.5.